The summed E-state index contributed by atoms with van der Waals surface area (Å²) < 4.78 is 0. The average Bonchev–Trinajstić information content (AvgIpc) is 2.17. The summed E-state index contributed by atoms with van der Waals surface area (Å²) in [6, 6.07) is 0.456. The van der Waals surface area contributed by atoms with Crippen LogP contribution in [0.4, 0.5) is 0 Å². The van der Waals surface area contributed by atoms with Crippen LogP contribution in [0.25, 0.3) is 0 Å². The lowest BCUT2D eigenvalue weighted by atomic mass is 9.75. The zero-order valence-electron chi connectivity index (χ0n) is 10.1. The average molecular weight is 197 g/mol. The van der Waals surface area contributed by atoms with Crippen LogP contribution in [0, 0.1) is 17.8 Å². The summed E-state index contributed by atoms with van der Waals surface area (Å²) in [5.74, 6) is 2.43. The van der Waals surface area contributed by atoms with Gasteiger partial charge < -0.3 is 5.73 Å². The van der Waals surface area contributed by atoms with Crippen LogP contribution >= 0.6 is 0 Å². The molecule has 1 fully saturated rings. The van der Waals surface area contributed by atoms with Gasteiger partial charge in [-0.2, -0.15) is 0 Å². The third-order valence-corrected chi connectivity index (χ3v) is 3.92. The van der Waals surface area contributed by atoms with Gasteiger partial charge in [0.05, 0.1) is 0 Å². The first-order chi connectivity index (χ1) is 6.65. The number of nitrogens with two attached hydrogens (primary N) is 1. The predicted octanol–water partition coefficient (Wildman–Crippen LogP) is 3.58. The van der Waals surface area contributed by atoms with Gasteiger partial charge in [0.2, 0.25) is 0 Å². The van der Waals surface area contributed by atoms with Crippen molar-refractivity contribution in [2.75, 3.05) is 0 Å². The van der Waals surface area contributed by atoms with E-state index in [9.17, 15) is 0 Å². The molecular weight excluding hydrogens is 170 g/mol. The molecule has 0 bridgehead atoms. The highest BCUT2D eigenvalue weighted by atomic mass is 14.7. The summed E-state index contributed by atoms with van der Waals surface area (Å²) >= 11 is 0. The molecule has 0 heterocycles. The van der Waals surface area contributed by atoms with Crippen molar-refractivity contribution in [2.45, 2.75) is 65.3 Å². The van der Waals surface area contributed by atoms with Crippen LogP contribution in [-0.4, -0.2) is 6.04 Å². The SMILES string of the molecule is CCCC(C)C(N)C1CCCC(C)C1. The second kappa shape index (κ2) is 5.75. The fraction of sp³-hybridized carbons (Fsp3) is 1.00. The van der Waals surface area contributed by atoms with Crippen molar-refractivity contribution in [3.8, 4) is 0 Å². The van der Waals surface area contributed by atoms with Crippen LogP contribution in [0.1, 0.15) is 59.3 Å². The normalized spacial score (nSPS) is 32.6. The van der Waals surface area contributed by atoms with Gasteiger partial charge in [-0.1, -0.05) is 40.0 Å². The zero-order chi connectivity index (χ0) is 10.6. The van der Waals surface area contributed by atoms with E-state index < -0.39 is 0 Å². The van der Waals surface area contributed by atoms with Crippen molar-refractivity contribution in [2.24, 2.45) is 23.5 Å². The molecule has 0 spiro atoms. The van der Waals surface area contributed by atoms with Gasteiger partial charge in [0.1, 0.15) is 0 Å². The molecular formula is C13H27N. The minimum absolute atomic E-state index is 0.456. The quantitative estimate of drug-likeness (QED) is 0.732. The van der Waals surface area contributed by atoms with E-state index in [4.69, 9.17) is 5.73 Å². The Hall–Kier alpha value is -0.0400. The molecule has 0 aromatic rings. The topological polar surface area (TPSA) is 26.0 Å². The van der Waals surface area contributed by atoms with E-state index in [2.05, 4.69) is 20.8 Å². The molecule has 1 nitrogen and oxygen atoms in total. The fourth-order valence-corrected chi connectivity index (χ4v) is 2.94. The van der Waals surface area contributed by atoms with Gasteiger partial charge in [0.25, 0.3) is 0 Å². The summed E-state index contributed by atoms with van der Waals surface area (Å²) in [6.45, 7) is 6.96. The van der Waals surface area contributed by atoms with Gasteiger partial charge in [-0.15, -0.1) is 0 Å². The van der Waals surface area contributed by atoms with Crippen molar-refractivity contribution in [3.05, 3.63) is 0 Å². The van der Waals surface area contributed by atoms with E-state index in [1.54, 1.807) is 0 Å². The summed E-state index contributed by atoms with van der Waals surface area (Å²) in [6.07, 6.45) is 8.14. The highest BCUT2D eigenvalue weighted by molar-refractivity contribution is 4.82. The number of hydrogen-bond donors (Lipinski definition) is 1. The van der Waals surface area contributed by atoms with Crippen molar-refractivity contribution >= 4 is 0 Å². The predicted molar refractivity (Wildman–Crippen MR) is 63.2 cm³/mol. The minimum atomic E-state index is 0.456. The Morgan fingerprint density at radius 3 is 2.64 bits per heavy atom. The zero-order valence-corrected chi connectivity index (χ0v) is 10.1. The maximum Gasteiger partial charge on any atom is 0.00930 e. The van der Waals surface area contributed by atoms with Crippen LogP contribution in [0.3, 0.4) is 0 Å². The molecule has 1 rings (SSSR count). The van der Waals surface area contributed by atoms with E-state index in [-0.39, 0.29) is 0 Å². The molecule has 0 aliphatic heterocycles. The van der Waals surface area contributed by atoms with Crippen LogP contribution in [0.2, 0.25) is 0 Å². The lowest BCUT2D eigenvalue weighted by molar-refractivity contribution is 0.206. The Kier molecular flexibility index (Phi) is 4.94. The summed E-state index contributed by atoms with van der Waals surface area (Å²) in [4.78, 5) is 0. The molecule has 0 amide bonds. The van der Waals surface area contributed by atoms with Gasteiger partial charge in [-0.25, -0.2) is 0 Å². The van der Waals surface area contributed by atoms with Gasteiger partial charge >= 0.3 is 0 Å². The van der Waals surface area contributed by atoms with Crippen LogP contribution < -0.4 is 5.73 Å². The third kappa shape index (κ3) is 3.27. The van der Waals surface area contributed by atoms with Gasteiger partial charge in [-0.3, -0.25) is 0 Å². The maximum absolute atomic E-state index is 6.34. The van der Waals surface area contributed by atoms with E-state index >= 15 is 0 Å². The first-order valence-corrected chi connectivity index (χ1v) is 6.40. The summed E-state index contributed by atoms with van der Waals surface area (Å²) in [5, 5.41) is 0. The van der Waals surface area contributed by atoms with Crippen molar-refractivity contribution in [1.29, 1.82) is 0 Å². The summed E-state index contributed by atoms with van der Waals surface area (Å²) in [5.41, 5.74) is 6.34. The molecule has 1 aliphatic carbocycles. The molecule has 0 saturated heterocycles. The first kappa shape index (κ1) is 12.0. The standard InChI is InChI=1S/C13H27N/c1-4-6-11(3)13(14)12-8-5-7-10(2)9-12/h10-13H,4-9,14H2,1-3H3. The fourth-order valence-electron chi connectivity index (χ4n) is 2.94. The van der Waals surface area contributed by atoms with Crippen LogP contribution in [0.5, 0.6) is 0 Å². The molecule has 0 aromatic carbocycles. The second-order valence-corrected chi connectivity index (χ2v) is 5.38. The molecule has 1 saturated carbocycles. The van der Waals surface area contributed by atoms with E-state index in [0.717, 1.165) is 17.8 Å². The van der Waals surface area contributed by atoms with E-state index in [1.165, 1.54) is 38.5 Å². The molecule has 1 aliphatic rings. The van der Waals surface area contributed by atoms with Gasteiger partial charge in [0.15, 0.2) is 0 Å². The lowest BCUT2D eigenvalue weighted by Crippen LogP contribution is -2.38. The van der Waals surface area contributed by atoms with Crippen molar-refractivity contribution < 1.29 is 0 Å². The minimum Gasteiger partial charge on any atom is -0.327 e. The Morgan fingerprint density at radius 1 is 1.36 bits per heavy atom. The highest BCUT2D eigenvalue weighted by Gasteiger charge is 2.27. The first-order valence-electron chi connectivity index (χ1n) is 6.40. The Labute approximate surface area is 89.5 Å². The van der Waals surface area contributed by atoms with Crippen LogP contribution in [-0.2, 0) is 0 Å². The molecule has 2 N–H and O–H groups in total. The molecule has 0 radical (unpaired) electrons. The van der Waals surface area contributed by atoms with Crippen molar-refractivity contribution in [3.63, 3.8) is 0 Å². The molecule has 1 heteroatoms. The largest absolute Gasteiger partial charge is 0.327 e. The Morgan fingerprint density at radius 2 is 2.07 bits per heavy atom. The number of hydrogen-bond acceptors (Lipinski definition) is 1. The van der Waals surface area contributed by atoms with E-state index in [1.807, 2.05) is 0 Å². The Bertz CT molecular complexity index is 155. The highest BCUT2D eigenvalue weighted by Crippen LogP contribution is 2.32. The van der Waals surface area contributed by atoms with Gasteiger partial charge in [0, 0.05) is 6.04 Å². The third-order valence-electron chi connectivity index (χ3n) is 3.92. The van der Waals surface area contributed by atoms with Crippen LogP contribution in [0.15, 0.2) is 0 Å². The van der Waals surface area contributed by atoms with Crippen molar-refractivity contribution in [1.82, 2.24) is 0 Å². The Balaban J connectivity index is 2.38. The molecule has 0 aromatic heterocycles. The smallest absolute Gasteiger partial charge is 0.00930 e. The molecule has 14 heavy (non-hydrogen) atoms. The lowest BCUT2D eigenvalue weighted by Gasteiger charge is -2.34. The summed E-state index contributed by atoms with van der Waals surface area (Å²) in [7, 11) is 0. The maximum atomic E-state index is 6.34. The van der Waals surface area contributed by atoms with Gasteiger partial charge in [-0.05, 0) is 37.0 Å². The molecule has 4 atom stereocenters. The second-order valence-electron chi connectivity index (χ2n) is 5.38. The monoisotopic (exact) mass is 197 g/mol. The van der Waals surface area contributed by atoms with E-state index in [0.29, 0.717) is 6.04 Å². The molecule has 84 valence electrons. The molecule has 4 unspecified atom stereocenters. The number of rotatable bonds is 4.